The molecule has 3 nitrogen and oxygen atoms in total. The summed E-state index contributed by atoms with van der Waals surface area (Å²) in [5.74, 6) is -0.138. The normalized spacial score (nSPS) is 12.3. The number of Topliss-reactive ketones (excluding diaryl/α,β-unsaturated/α-hetero) is 1. The summed E-state index contributed by atoms with van der Waals surface area (Å²) in [7, 11) is 0. The monoisotopic (exact) mass is 277 g/mol. The lowest BCUT2D eigenvalue weighted by Crippen LogP contribution is -2.49. The maximum Gasteiger partial charge on any atom is 0.217 e. The van der Waals surface area contributed by atoms with Crippen LogP contribution in [-0.2, 0) is 0 Å². The second-order valence-electron chi connectivity index (χ2n) is 5.35. The van der Waals surface area contributed by atoms with Crippen LogP contribution in [0.5, 0.6) is 0 Å². The van der Waals surface area contributed by atoms with Crippen molar-refractivity contribution in [3.05, 3.63) is 35.8 Å². The van der Waals surface area contributed by atoms with E-state index < -0.39 is 5.54 Å². The molecule has 0 spiro atoms. The van der Waals surface area contributed by atoms with Crippen molar-refractivity contribution in [3.63, 3.8) is 0 Å². The first-order chi connectivity index (χ1) is 9.40. The van der Waals surface area contributed by atoms with Crippen LogP contribution < -0.4 is 0 Å². The van der Waals surface area contributed by atoms with Crippen molar-refractivity contribution in [1.82, 2.24) is 4.90 Å². The van der Waals surface area contributed by atoms with Crippen LogP contribution >= 0.6 is 0 Å². The first-order valence-corrected chi connectivity index (χ1v) is 6.89. The summed E-state index contributed by atoms with van der Waals surface area (Å²) in [5.41, 5.74) is -0.110. The van der Waals surface area contributed by atoms with Crippen molar-refractivity contribution >= 4 is 16.8 Å². The van der Waals surface area contributed by atoms with E-state index in [1.165, 1.54) is 12.1 Å². The Hall–Kier alpha value is -1.68. The van der Waals surface area contributed by atoms with E-state index in [1.807, 2.05) is 27.7 Å². The smallest absolute Gasteiger partial charge is 0.217 e. The van der Waals surface area contributed by atoms with Gasteiger partial charge in [0.1, 0.15) is 11.4 Å². The number of hydrogen-bond donors (Lipinski definition) is 0. The Balaban J connectivity index is 2.40. The van der Waals surface area contributed by atoms with Gasteiger partial charge >= 0.3 is 0 Å². The van der Waals surface area contributed by atoms with Gasteiger partial charge in [-0.15, -0.1) is 0 Å². The van der Waals surface area contributed by atoms with E-state index in [-0.39, 0.29) is 17.4 Å². The summed E-state index contributed by atoms with van der Waals surface area (Å²) in [6, 6.07) is 5.87. The molecule has 0 N–H and O–H groups in total. The van der Waals surface area contributed by atoms with Crippen LogP contribution in [0.1, 0.15) is 38.2 Å². The molecule has 108 valence electrons. The second-order valence-corrected chi connectivity index (χ2v) is 5.35. The van der Waals surface area contributed by atoms with Crippen molar-refractivity contribution in [2.24, 2.45) is 0 Å². The molecule has 0 aliphatic rings. The minimum absolute atomic E-state index is 0.0854. The number of hydrogen-bond acceptors (Lipinski definition) is 3. The second kappa shape index (κ2) is 5.37. The van der Waals surface area contributed by atoms with Crippen molar-refractivity contribution < 1.29 is 13.6 Å². The highest BCUT2D eigenvalue weighted by molar-refractivity contribution is 6.03. The number of rotatable bonds is 5. The van der Waals surface area contributed by atoms with Gasteiger partial charge in [0.2, 0.25) is 5.78 Å². The summed E-state index contributed by atoms with van der Waals surface area (Å²) >= 11 is 0. The highest BCUT2D eigenvalue weighted by Gasteiger charge is 2.35. The number of nitrogens with zero attached hydrogens (tertiary/aromatic N) is 1. The Morgan fingerprint density at radius 2 is 1.90 bits per heavy atom. The molecule has 2 aromatic rings. The molecule has 0 amide bonds. The average Bonchev–Trinajstić information content (AvgIpc) is 2.81. The zero-order chi connectivity index (χ0) is 14.9. The largest absolute Gasteiger partial charge is 0.453 e. The maximum atomic E-state index is 13.2. The molecule has 20 heavy (non-hydrogen) atoms. The van der Waals surface area contributed by atoms with E-state index in [0.29, 0.717) is 11.0 Å². The zero-order valence-electron chi connectivity index (χ0n) is 12.4. The molecule has 1 aromatic heterocycles. The minimum atomic E-state index is -0.643. The highest BCUT2D eigenvalue weighted by atomic mass is 19.1. The van der Waals surface area contributed by atoms with Gasteiger partial charge in [-0.05, 0) is 51.2 Å². The number of likely N-dealkylation sites (N-methyl/N-ethyl adjacent to an activating group) is 1. The SMILES string of the molecule is CCN(CC)C(C)(C)C(=O)c1cc2cc(F)ccc2o1. The first-order valence-electron chi connectivity index (χ1n) is 6.89. The molecule has 0 aliphatic carbocycles. The van der Waals surface area contributed by atoms with Gasteiger partial charge in [-0.3, -0.25) is 9.69 Å². The Bertz CT molecular complexity index is 626. The average molecular weight is 277 g/mol. The van der Waals surface area contributed by atoms with Gasteiger partial charge in [-0.1, -0.05) is 13.8 Å². The lowest BCUT2D eigenvalue weighted by atomic mass is 9.94. The van der Waals surface area contributed by atoms with Gasteiger partial charge in [-0.25, -0.2) is 4.39 Å². The number of carbonyl (C=O) groups excluding carboxylic acids is 1. The van der Waals surface area contributed by atoms with E-state index in [0.717, 1.165) is 13.1 Å². The molecule has 0 aliphatic heterocycles. The summed E-state index contributed by atoms with van der Waals surface area (Å²) in [6.07, 6.45) is 0. The Morgan fingerprint density at radius 3 is 2.50 bits per heavy atom. The molecule has 0 fully saturated rings. The van der Waals surface area contributed by atoms with Crippen LogP contribution in [0.4, 0.5) is 4.39 Å². The van der Waals surface area contributed by atoms with Crippen LogP contribution in [0, 0.1) is 5.82 Å². The summed E-state index contributed by atoms with van der Waals surface area (Å²) < 4.78 is 18.8. The number of halogens is 1. The molecule has 1 heterocycles. The van der Waals surface area contributed by atoms with Crippen LogP contribution in [-0.4, -0.2) is 29.3 Å². The number of benzene rings is 1. The third-order valence-corrected chi connectivity index (χ3v) is 3.81. The quantitative estimate of drug-likeness (QED) is 0.778. The van der Waals surface area contributed by atoms with E-state index in [9.17, 15) is 9.18 Å². The minimum Gasteiger partial charge on any atom is -0.453 e. The molecule has 0 atom stereocenters. The fourth-order valence-electron chi connectivity index (χ4n) is 2.59. The standard InChI is InChI=1S/C16H20FNO2/c1-5-18(6-2)16(3,4)15(19)14-10-11-9-12(17)7-8-13(11)20-14/h7-10H,5-6H2,1-4H3. The van der Waals surface area contributed by atoms with Crippen LogP contribution in [0.2, 0.25) is 0 Å². The van der Waals surface area contributed by atoms with E-state index in [1.54, 1.807) is 12.1 Å². The summed E-state index contributed by atoms with van der Waals surface area (Å²) in [4.78, 5) is 14.7. The zero-order valence-corrected chi connectivity index (χ0v) is 12.4. The highest BCUT2D eigenvalue weighted by Crippen LogP contribution is 2.26. The molecule has 0 radical (unpaired) electrons. The Labute approximate surface area is 118 Å². The number of carbonyl (C=O) groups is 1. The summed E-state index contributed by atoms with van der Waals surface area (Å²) in [5, 5.41) is 0.615. The first kappa shape index (κ1) is 14.7. The molecule has 1 aromatic carbocycles. The van der Waals surface area contributed by atoms with Crippen LogP contribution in [0.15, 0.2) is 28.7 Å². The van der Waals surface area contributed by atoms with Crippen molar-refractivity contribution in [2.45, 2.75) is 33.2 Å². The van der Waals surface area contributed by atoms with Crippen molar-refractivity contribution in [1.29, 1.82) is 0 Å². The molecule has 0 unspecified atom stereocenters. The lowest BCUT2D eigenvalue weighted by molar-refractivity contribution is 0.0641. The van der Waals surface area contributed by atoms with E-state index in [4.69, 9.17) is 4.42 Å². The Kier molecular flexibility index (Phi) is 3.95. The fourth-order valence-corrected chi connectivity index (χ4v) is 2.59. The molecular weight excluding hydrogens is 257 g/mol. The van der Waals surface area contributed by atoms with Crippen molar-refractivity contribution in [3.8, 4) is 0 Å². The van der Waals surface area contributed by atoms with Gasteiger partial charge in [0, 0.05) is 5.39 Å². The third-order valence-electron chi connectivity index (χ3n) is 3.81. The maximum absolute atomic E-state index is 13.2. The number of ketones is 1. The number of furan rings is 1. The molecule has 4 heteroatoms. The van der Waals surface area contributed by atoms with Gasteiger partial charge in [0.25, 0.3) is 0 Å². The van der Waals surface area contributed by atoms with Gasteiger partial charge < -0.3 is 4.42 Å². The van der Waals surface area contributed by atoms with Crippen LogP contribution in [0.25, 0.3) is 11.0 Å². The molecule has 2 rings (SSSR count). The Morgan fingerprint density at radius 1 is 1.25 bits per heavy atom. The third kappa shape index (κ3) is 2.48. The predicted octanol–water partition coefficient (Wildman–Crippen LogP) is 3.88. The lowest BCUT2D eigenvalue weighted by Gasteiger charge is -2.34. The van der Waals surface area contributed by atoms with Crippen LogP contribution in [0.3, 0.4) is 0 Å². The fraction of sp³-hybridized carbons (Fsp3) is 0.438. The summed E-state index contributed by atoms with van der Waals surface area (Å²) in [6.45, 7) is 9.37. The number of fused-ring (bicyclic) bond motifs is 1. The van der Waals surface area contributed by atoms with E-state index >= 15 is 0 Å². The predicted molar refractivity (Wildman–Crippen MR) is 77.5 cm³/mol. The van der Waals surface area contributed by atoms with Gasteiger partial charge in [0.15, 0.2) is 5.76 Å². The van der Waals surface area contributed by atoms with Crippen molar-refractivity contribution in [2.75, 3.05) is 13.1 Å². The van der Waals surface area contributed by atoms with Gasteiger partial charge in [-0.2, -0.15) is 0 Å². The molecule has 0 bridgehead atoms. The molecule has 0 saturated carbocycles. The topological polar surface area (TPSA) is 33.5 Å². The molecular formula is C16H20FNO2. The van der Waals surface area contributed by atoms with E-state index in [2.05, 4.69) is 4.90 Å². The molecule has 0 saturated heterocycles. The van der Waals surface area contributed by atoms with Gasteiger partial charge in [0.05, 0.1) is 5.54 Å².